The fourth-order valence-corrected chi connectivity index (χ4v) is 3.66. The maximum atomic E-state index is 13.3. The van der Waals surface area contributed by atoms with Gasteiger partial charge in [-0.15, -0.1) is 0 Å². The molecule has 1 amide bonds. The Labute approximate surface area is 171 Å². The molecule has 0 radical (unpaired) electrons. The second-order valence-corrected chi connectivity index (χ2v) is 7.29. The number of para-hydroxylation sites is 1. The summed E-state index contributed by atoms with van der Waals surface area (Å²) in [6, 6.07) is 28.0. The van der Waals surface area contributed by atoms with Crippen LogP contribution in [0.1, 0.15) is 40.9 Å². The molecule has 0 aliphatic carbocycles. The molecule has 0 bridgehead atoms. The minimum absolute atomic E-state index is 0.0296. The van der Waals surface area contributed by atoms with Crippen molar-refractivity contribution in [2.24, 2.45) is 0 Å². The molecule has 0 spiro atoms. The molecule has 3 heteroatoms. The van der Waals surface area contributed by atoms with Gasteiger partial charge < -0.3 is 5.32 Å². The van der Waals surface area contributed by atoms with E-state index in [0.717, 1.165) is 34.1 Å². The van der Waals surface area contributed by atoms with Crippen LogP contribution >= 0.6 is 0 Å². The summed E-state index contributed by atoms with van der Waals surface area (Å²) in [4.78, 5) is 18.1. The number of hydrogen-bond acceptors (Lipinski definition) is 2. The van der Waals surface area contributed by atoms with Crippen molar-refractivity contribution < 1.29 is 4.79 Å². The lowest BCUT2D eigenvalue weighted by Crippen LogP contribution is -2.28. The Morgan fingerprint density at radius 1 is 0.931 bits per heavy atom. The van der Waals surface area contributed by atoms with Gasteiger partial charge in [-0.25, -0.2) is 4.98 Å². The quantitative estimate of drug-likeness (QED) is 0.455. The maximum absolute atomic E-state index is 13.3. The highest BCUT2D eigenvalue weighted by atomic mass is 16.1. The van der Waals surface area contributed by atoms with E-state index in [-0.39, 0.29) is 11.9 Å². The van der Waals surface area contributed by atoms with Gasteiger partial charge in [-0.1, -0.05) is 79.2 Å². The Hall–Kier alpha value is -3.46. The number of pyridine rings is 1. The van der Waals surface area contributed by atoms with Gasteiger partial charge in [0.2, 0.25) is 0 Å². The molecule has 1 unspecified atom stereocenters. The van der Waals surface area contributed by atoms with Crippen molar-refractivity contribution in [3.8, 4) is 11.3 Å². The standard InChI is InChI=1S/C26H24N2O/c1-3-23(19-11-5-4-6-12-19)28-26(29)22-17-25(20-13-9-10-18(2)16-20)27-24-15-8-7-14-21(22)24/h4-17,23H,3H2,1-2H3,(H,28,29). The van der Waals surface area contributed by atoms with Gasteiger partial charge in [-0.05, 0) is 37.1 Å². The molecule has 0 saturated heterocycles. The number of hydrogen-bond donors (Lipinski definition) is 1. The van der Waals surface area contributed by atoms with E-state index in [1.54, 1.807) is 0 Å². The highest BCUT2D eigenvalue weighted by Gasteiger charge is 2.18. The summed E-state index contributed by atoms with van der Waals surface area (Å²) in [5.41, 5.74) is 5.58. The van der Waals surface area contributed by atoms with Gasteiger partial charge in [0.25, 0.3) is 5.91 Å². The van der Waals surface area contributed by atoms with E-state index in [1.165, 1.54) is 5.56 Å². The molecule has 1 N–H and O–H groups in total. The Bertz CT molecular complexity index is 1150. The van der Waals surface area contributed by atoms with Crippen LogP contribution in [0.15, 0.2) is 84.9 Å². The lowest BCUT2D eigenvalue weighted by atomic mass is 10.0. The zero-order chi connectivity index (χ0) is 20.2. The highest BCUT2D eigenvalue weighted by molar-refractivity contribution is 6.07. The van der Waals surface area contributed by atoms with Crippen molar-refractivity contribution in [2.75, 3.05) is 0 Å². The van der Waals surface area contributed by atoms with E-state index in [9.17, 15) is 4.79 Å². The fraction of sp³-hybridized carbons (Fsp3) is 0.154. The molecule has 4 aromatic rings. The zero-order valence-corrected chi connectivity index (χ0v) is 16.7. The van der Waals surface area contributed by atoms with Gasteiger partial charge in [-0.3, -0.25) is 4.79 Å². The number of nitrogens with zero attached hydrogens (tertiary/aromatic N) is 1. The van der Waals surface area contributed by atoms with Gasteiger partial charge >= 0.3 is 0 Å². The van der Waals surface area contributed by atoms with Crippen LogP contribution in [0.25, 0.3) is 22.2 Å². The number of aromatic nitrogens is 1. The number of rotatable bonds is 5. The Morgan fingerprint density at radius 3 is 2.45 bits per heavy atom. The summed E-state index contributed by atoms with van der Waals surface area (Å²) in [7, 11) is 0. The molecule has 4 rings (SSSR count). The molecule has 29 heavy (non-hydrogen) atoms. The molecule has 1 atom stereocenters. The Balaban J connectivity index is 1.76. The third kappa shape index (κ3) is 4.04. The van der Waals surface area contributed by atoms with E-state index in [0.29, 0.717) is 5.56 Å². The normalized spacial score (nSPS) is 11.9. The van der Waals surface area contributed by atoms with Crippen LogP contribution in [-0.4, -0.2) is 10.9 Å². The third-order valence-corrected chi connectivity index (χ3v) is 5.19. The summed E-state index contributed by atoms with van der Waals surface area (Å²) in [5.74, 6) is -0.0757. The fourth-order valence-electron chi connectivity index (χ4n) is 3.66. The molecule has 0 fully saturated rings. The number of aryl methyl sites for hydroxylation is 1. The molecule has 3 nitrogen and oxygen atoms in total. The van der Waals surface area contributed by atoms with Crippen molar-refractivity contribution in [3.05, 3.63) is 102 Å². The van der Waals surface area contributed by atoms with E-state index in [2.05, 4.69) is 43.4 Å². The van der Waals surface area contributed by atoms with Crippen LogP contribution in [0, 0.1) is 6.92 Å². The summed E-state index contributed by atoms with van der Waals surface area (Å²) in [6.07, 6.45) is 0.823. The van der Waals surface area contributed by atoms with Gasteiger partial charge in [-0.2, -0.15) is 0 Å². The first-order chi connectivity index (χ1) is 14.2. The summed E-state index contributed by atoms with van der Waals surface area (Å²) < 4.78 is 0. The predicted molar refractivity (Wildman–Crippen MR) is 119 cm³/mol. The van der Waals surface area contributed by atoms with E-state index < -0.39 is 0 Å². The third-order valence-electron chi connectivity index (χ3n) is 5.19. The van der Waals surface area contributed by atoms with Crippen LogP contribution in [0.2, 0.25) is 0 Å². The van der Waals surface area contributed by atoms with Gasteiger partial charge in [0.1, 0.15) is 0 Å². The molecular weight excluding hydrogens is 356 g/mol. The summed E-state index contributed by atoms with van der Waals surface area (Å²) >= 11 is 0. The molecule has 3 aromatic carbocycles. The van der Waals surface area contributed by atoms with Crippen LogP contribution < -0.4 is 5.32 Å². The van der Waals surface area contributed by atoms with E-state index in [1.807, 2.05) is 60.7 Å². The Morgan fingerprint density at radius 2 is 1.69 bits per heavy atom. The van der Waals surface area contributed by atoms with Gasteiger partial charge in [0.15, 0.2) is 0 Å². The number of nitrogens with one attached hydrogen (secondary N) is 1. The SMILES string of the molecule is CCC(NC(=O)c1cc(-c2cccc(C)c2)nc2ccccc12)c1ccccc1. The van der Waals surface area contributed by atoms with Gasteiger partial charge in [0.05, 0.1) is 22.8 Å². The van der Waals surface area contributed by atoms with Crippen LogP contribution in [0.4, 0.5) is 0 Å². The van der Waals surface area contributed by atoms with Crippen molar-refractivity contribution >= 4 is 16.8 Å². The van der Waals surface area contributed by atoms with Gasteiger partial charge in [0, 0.05) is 10.9 Å². The molecule has 1 heterocycles. The molecule has 0 aliphatic rings. The average molecular weight is 380 g/mol. The van der Waals surface area contributed by atoms with Crippen molar-refractivity contribution in [3.63, 3.8) is 0 Å². The second-order valence-electron chi connectivity index (χ2n) is 7.29. The Kier molecular flexibility index (Phi) is 5.39. The first-order valence-corrected chi connectivity index (χ1v) is 9.98. The number of fused-ring (bicyclic) bond motifs is 1. The monoisotopic (exact) mass is 380 g/mol. The van der Waals surface area contributed by atoms with E-state index >= 15 is 0 Å². The average Bonchev–Trinajstić information content (AvgIpc) is 2.77. The first-order valence-electron chi connectivity index (χ1n) is 9.98. The minimum Gasteiger partial charge on any atom is -0.345 e. The molecule has 144 valence electrons. The van der Waals surface area contributed by atoms with Crippen LogP contribution in [0.5, 0.6) is 0 Å². The topological polar surface area (TPSA) is 42.0 Å². The van der Waals surface area contributed by atoms with Crippen molar-refractivity contribution in [1.29, 1.82) is 0 Å². The summed E-state index contributed by atoms with van der Waals surface area (Å²) in [5, 5.41) is 4.08. The van der Waals surface area contributed by atoms with Crippen molar-refractivity contribution in [2.45, 2.75) is 26.3 Å². The molecule has 0 aliphatic heterocycles. The lowest BCUT2D eigenvalue weighted by molar-refractivity contribution is 0.0937. The number of amides is 1. The van der Waals surface area contributed by atoms with Crippen molar-refractivity contribution in [1.82, 2.24) is 10.3 Å². The predicted octanol–water partition coefficient (Wildman–Crippen LogP) is 6.09. The first kappa shape index (κ1) is 18.9. The highest BCUT2D eigenvalue weighted by Crippen LogP contribution is 2.26. The number of benzene rings is 3. The number of carbonyl (C=O) groups is 1. The largest absolute Gasteiger partial charge is 0.345 e. The smallest absolute Gasteiger partial charge is 0.252 e. The molecule has 0 saturated carbocycles. The second kappa shape index (κ2) is 8.27. The van der Waals surface area contributed by atoms with Crippen LogP contribution in [0.3, 0.4) is 0 Å². The van der Waals surface area contributed by atoms with Crippen LogP contribution in [-0.2, 0) is 0 Å². The number of carbonyl (C=O) groups excluding carboxylic acids is 1. The molecule has 1 aromatic heterocycles. The lowest BCUT2D eigenvalue weighted by Gasteiger charge is -2.18. The maximum Gasteiger partial charge on any atom is 0.252 e. The molecular formula is C26H24N2O. The summed E-state index contributed by atoms with van der Waals surface area (Å²) in [6.45, 7) is 4.14. The zero-order valence-electron chi connectivity index (χ0n) is 16.7. The minimum atomic E-state index is -0.0757. The van der Waals surface area contributed by atoms with E-state index in [4.69, 9.17) is 4.98 Å².